The molecule has 10 rings (SSSR count). The smallest absolute Gasteiger partial charge is 0.137 e. The topological polar surface area (TPSA) is 42.2 Å². The number of hydrogen-bond acceptors (Lipinski definition) is 4. The van der Waals surface area contributed by atoms with Crippen LogP contribution in [0.25, 0.3) is 76.8 Å². The summed E-state index contributed by atoms with van der Waals surface area (Å²) in [6.07, 6.45) is 3.66. The number of hydrogen-bond donors (Lipinski definition) is 0. The molecule has 0 N–H and O–H groups in total. The van der Waals surface area contributed by atoms with E-state index in [1.165, 1.54) is 21.9 Å². The number of furan rings is 1. The van der Waals surface area contributed by atoms with E-state index in [9.17, 15) is 0 Å². The van der Waals surface area contributed by atoms with Crippen molar-refractivity contribution in [2.45, 2.75) is 0 Å². The van der Waals surface area contributed by atoms with Crippen molar-refractivity contribution in [1.82, 2.24) is 9.97 Å². The predicted octanol–water partition coefficient (Wildman–Crippen LogP) is 12.6. The van der Waals surface area contributed by atoms with Crippen LogP contribution in [0.2, 0.25) is 0 Å². The van der Waals surface area contributed by atoms with Crippen molar-refractivity contribution >= 4 is 71.6 Å². The van der Waals surface area contributed by atoms with Gasteiger partial charge in [0, 0.05) is 63.1 Å². The van der Waals surface area contributed by atoms with E-state index in [1.54, 1.807) is 0 Å². The summed E-state index contributed by atoms with van der Waals surface area (Å²) in [5, 5.41) is 6.89. The fourth-order valence-corrected chi connectivity index (χ4v) is 7.15. The van der Waals surface area contributed by atoms with Crippen molar-refractivity contribution in [2.24, 2.45) is 0 Å². The largest absolute Gasteiger partial charge is 0.456 e. The van der Waals surface area contributed by atoms with Gasteiger partial charge in [0.2, 0.25) is 0 Å². The maximum absolute atomic E-state index is 6.48. The van der Waals surface area contributed by atoms with Crippen molar-refractivity contribution in [2.75, 3.05) is 4.90 Å². The summed E-state index contributed by atoms with van der Waals surface area (Å²) >= 11 is 0. The Morgan fingerprint density at radius 2 is 0.920 bits per heavy atom. The van der Waals surface area contributed by atoms with Crippen molar-refractivity contribution < 1.29 is 4.42 Å². The fraction of sp³-hybridized carbons (Fsp3) is 0. The Morgan fingerprint density at radius 1 is 0.360 bits per heavy atom. The van der Waals surface area contributed by atoms with Crippen LogP contribution in [0.15, 0.2) is 181 Å². The highest BCUT2D eigenvalue weighted by atomic mass is 16.3. The highest BCUT2D eigenvalue weighted by Gasteiger charge is 2.17. The molecule has 0 unspecified atom stereocenters. The molecular formula is C46H29N3O. The number of fused-ring (bicyclic) bond motifs is 6. The van der Waals surface area contributed by atoms with Gasteiger partial charge in [0.15, 0.2) is 0 Å². The van der Waals surface area contributed by atoms with E-state index < -0.39 is 0 Å². The number of benzene rings is 7. The first-order chi connectivity index (χ1) is 24.7. The monoisotopic (exact) mass is 639 g/mol. The predicted molar refractivity (Wildman–Crippen MR) is 207 cm³/mol. The first-order valence-corrected chi connectivity index (χ1v) is 16.8. The molecule has 4 nitrogen and oxygen atoms in total. The number of nitrogens with zero attached hydrogens (tertiary/aromatic N) is 3. The molecule has 234 valence electrons. The van der Waals surface area contributed by atoms with Gasteiger partial charge in [-0.1, -0.05) is 78.9 Å². The average molecular weight is 640 g/mol. The molecule has 0 aliphatic rings. The van der Waals surface area contributed by atoms with Gasteiger partial charge in [0.1, 0.15) is 11.2 Å². The summed E-state index contributed by atoms with van der Waals surface area (Å²) in [6, 6.07) is 58.1. The van der Waals surface area contributed by atoms with Gasteiger partial charge in [-0.25, -0.2) is 0 Å². The molecule has 0 amide bonds. The van der Waals surface area contributed by atoms with Gasteiger partial charge in [-0.3, -0.25) is 9.97 Å². The molecule has 0 radical (unpaired) electrons. The fourth-order valence-electron chi connectivity index (χ4n) is 7.15. The quantitative estimate of drug-likeness (QED) is 0.188. The lowest BCUT2D eigenvalue weighted by Crippen LogP contribution is -2.09. The second-order valence-electron chi connectivity index (χ2n) is 12.7. The second kappa shape index (κ2) is 11.4. The van der Waals surface area contributed by atoms with Crippen LogP contribution in [-0.2, 0) is 0 Å². The second-order valence-corrected chi connectivity index (χ2v) is 12.7. The lowest BCUT2D eigenvalue weighted by atomic mass is 10.0. The third kappa shape index (κ3) is 4.85. The van der Waals surface area contributed by atoms with Crippen molar-refractivity contribution in [3.63, 3.8) is 0 Å². The van der Waals surface area contributed by atoms with Crippen LogP contribution >= 0.6 is 0 Å². The van der Waals surface area contributed by atoms with Crippen LogP contribution in [0.3, 0.4) is 0 Å². The van der Waals surface area contributed by atoms with E-state index in [1.807, 2.05) is 30.6 Å². The molecule has 0 aliphatic carbocycles. The molecule has 3 aromatic heterocycles. The van der Waals surface area contributed by atoms with E-state index in [0.717, 1.165) is 71.9 Å². The minimum atomic E-state index is 0.838. The number of pyridine rings is 2. The first kappa shape index (κ1) is 28.3. The van der Waals surface area contributed by atoms with Gasteiger partial charge in [-0.05, 0) is 106 Å². The van der Waals surface area contributed by atoms with E-state index in [0.29, 0.717) is 0 Å². The molecule has 10 aromatic rings. The SMILES string of the molecule is c1ccc2cc(-c3ccc(N(c4ccc(-c5ccc6ncccc6c5)cc4)c4ccc5c(c4)oc4cc6ncccc6cc45)cc3)ccc2c1. The zero-order valence-electron chi connectivity index (χ0n) is 27.0. The lowest BCUT2D eigenvalue weighted by Gasteiger charge is -2.26. The lowest BCUT2D eigenvalue weighted by molar-refractivity contribution is 0.669. The number of rotatable bonds is 5. The molecule has 0 saturated heterocycles. The minimum absolute atomic E-state index is 0.838. The standard InChI is InChI=1S/C46H29N3O/c1-2-6-33-25-34(10-9-30(33)5-1)31-11-16-38(17-12-31)49(39-18-13-32(14-19-39)35-15-22-43-36(26-35)7-3-23-47-43)40-20-21-41-42-27-37-8-4-24-48-44(37)29-46(42)50-45(41)28-40/h1-29H. The Bertz CT molecular complexity index is 2750. The van der Waals surface area contributed by atoms with Crippen molar-refractivity contribution in [1.29, 1.82) is 0 Å². The van der Waals surface area contributed by atoms with Gasteiger partial charge in [-0.2, -0.15) is 0 Å². The summed E-state index contributed by atoms with van der Waals surface area (Å²) < 4.78 is 6.48. The van der Waals surface area contributed by atoms with E-state index in [4.69, 9.17) is 4.42 Å². The highest BCUT2D eigenvalue weighted by Crippen LogP contribution is 2.40. The Hall–Kier alpha value is -6.78. The van der Waals surface area contributed by atoms with Gasteiger partial charge >= 0.3 is 0 Å². The van der Waals surface area contributed by atoms with Gasteiger partial charge < -0.3 is 9.32 Å². The van der Waals surface area contributed by atoms with Gasteiger partial charge in [-0.15, -0.1) is 0 Å². The van der Waals surface area contributed by atoms with E-state index in [2.05, 4.69) is 160 Å². The van der Waals surface area contributed by atoms with Crippen LogP contribution < -0.4 is 4.90 Å². The Balaban J connectivity index is 1.08. The summed E-state index contributed by atoms with van der Waals surface area (Å²) in [7, 11) is 0. The molecule has 7 aromatic carbocycles. The summed E-state index contributed by atoms with van der Waals surface area (Å²) in [6.45, 7) is 0. The summed E-state index contributed by atoms with van der Waals surface area (Å²) in [5.74, 6) is 0. The zero-order valence-corrected chi connectivity index (χ0v) is 27.0. The third-order valence-electron chi connectivity index (χ3n) is 9.71. The molecule has 0 fully saturated rings. The maximum Gasteiger partial charge on any atom is 0.137 e. The Labute approximate surface area is 288 Å². The average Bonchev–Trinajstić information content (AvgIpc) is 3.53. The Kier molecular flexibility index (Phi) is 6.46. The third-order valence-corrected chi connectivity index (χ3v) is 9.71. The minimum Gasteiger partial charge on any atom is -0.456 e. The molecule has 0 spiro atoms. The van der Waals surface area contributed by atoms with Gasteiger partial charge in [0.05, 0.1) is 11.0 Å². The Morgan fingerprint density at radius 3 is 1.66 bits per heavy atom. The summed E-state index contributed by atoms with van der Waals surface area (Å²) in [4.78, 5) is 11.3. The molecule has 3 heterocycles. The van der Waals surface area contributed by atoms with Crippen LogP contribution in [0, 0.1) is 0 Å². The first-order valence-electron chi connectivity index (χ1n) is 16.8. The maximum atomic E-state index is 6.48. The molecule has 50 heavy (non-hydrogen) atoms. The normalized spacial score (nSPS) is 11.6. The zero-order chi connectivity index (χ0) is 33.0. The highest BCUT2D eigenvalue weighted by molar-refractivity contribution is 6.10. The molecule has 0 bridgehead atoms. The number of anilines is 3. The van der Waals surface area contributed by atoms with Crippen molar-refractivity contribution in [3.8, 4) is 22.3 Å². The van der Waals surface area contributed by atoms with Gasteiger partial charge in [0.25, 0.3) is 0 Å². The molecule has 4 heteroatoms. The van der Waals surface area contributed by atoms with Crippen LogP contribution in [-0.4, -0.2) is 9.97 Å². The van der Waals surface area contributed by atoms with Crippen molar-refractivity contribution in [3.05, 3.63) is 176 Å². The molecule has 0 saturated carbocycles. The van der Waals surface area contributed by atoms with Crippen LogP contribution in [0.4, 0.5) is 17.1 Å². The van der Waals surface area contributed by atoms with E-state index >= 15 is 0 Å². The molecular weight excluding hydrogens is 611 g/mol. The van der Waals surface area contributed by atoms with Crippen LogP contribution in [0.1, 0.15) is 0 Å². The summed E-state index contributed by atoms with van der Waals surface area (Å²) in [5.41, 5.74) is 11.4. The molecule has 0 aliphatic heterocycles. The number of aromatic nitrogens is 2. The van der Waals surface area contributed by atoms with E-state index in [-0.39, 0.29) is 0 Å². The molecule has 0 atom stereocenters. The van der Waals surface area contributed by atoms with Crippen LogP contribution in [0.5, 0.6) is 0 Å².